The van der Waals surface area contributed by atoms with E-state index < -0.39 is 9.84 Å². The Morgan fingerprint density at radius 2 is 2.17 bits per heavy atom. The van der Waals surface area contributed by atoms with E-state index >= 15 is 0 Å². The SMILES string of the molecule is O=S1(=O)CC[C@H](CCc2ccc3cc[nH]c3c2)C1. The molecule has 0 radical (unpaired) electrons. The summed E-state index contributed by atoms with van der Waals surface area (Å²) < 4.78 is 22.8. The van der Waals surface area contributed by atoms with Gasteiger partial charge in [0.15, 0.2) is 9.84 Å². The second-order valence-corrected chi connectivity index (χ2v) is 7.44. The molecule has 18 heavy (non-hydrogen) atoms. The minimum absolute atomic E-state index is 0.356. The van der Waals surface area contributed by atoms with E-state index in [9.17, 15) is 8.42 Å². The molecule has 0 spiro atoms. The Balaban J connectivity index is 1.66. The van der Waals surface area contributed by atoms with Gasteiger partial charge in [0, 0.05) is 11.7 Å². The Hall–Kier alpha value is -1.29. The Bertz CT molecular complexity index is 657. The van der Waals surface area contributed by atoms with Crippen LogP contribution in [-0.4, -0.2) is 24.9 Å². The van der Waals surface area contributed by atoms with Crippen LogP contribution in [0.3, 0.4) is 0 Å². The molecule has 1 aliphatic heterocycles. The number of hydrogen-bond acceptors (Lipinski definition) is 2. The van der Waals surface area contributed by atoms with Crippen molar-refractivity contribution in [2.24, 2.45) is 5.92 Å². The van der Waals surface area contributed by atoms with Gasteiger partial charge in [0.25, 0.3) is 0 Å². The van der Waals surface area contributed by atoms with Gasteiger partial charge < -0.3 is 4.98 Å². The van der Waals surface area contributed by atoms with Crippen molar-refractivity contribution in [2.75, 3.05) is 11.5 Å². The molecule has 1 aromatic heterocycles. The maximum absolute atomic E-state index is 11.4. The number of aromatic amines is 1. The van der Waals surface area contributed by atoms with Crippen LogP contribution in [0.5, 0.6) is 0 Å². The van der Waals surface area contributed by atoms with Crippen molar-refractivity contribution in [2.45, 2.75) is 19.3 Å². The van der Waals surface area contributed by atoms with Gasteiger partial charge in [0.2, 0.25) is 0 Å². The van der Waals surface area contributed by atoms with E-state index in [0.29, 0.717) is 17.4 Å². The summed E-state index contributed by atoms with van der Waals surface area (Å²) in [6.45, 7) is 0. The lowest BCUT2D eigenvalue weighted by molar-refractivity contribution is 0.542. The molecule has 96 valence electrons. The van der Waals surface area contributed by atoms with Crippen molar-refractivity contribution in [3.8, 4) is 0 Å². The molecule has 0 saturated carbocycles. The summed E-state index contributed by atoms with van der Waals surface area (Å²) in [6.07, 6.45) is 4.73. The van der Waals surface area contributed by atoms with Crippen LogP contribution in [0.15, 0.2) is 30.5 Å². The molecule has 3 nitrogen and oxygen atoms in total. The zero-order chi connectivity index (χ0) is 12.6. The molecular weight excluding hydrogens is 246 g/mol. The van der Waals surface area contributed by atoms with Crippen LogP contribution in [0.25, 0.3) is 10.9 Å². The van der Waals surface area contributed by atoms with E-state index in [-0.39, 0.29) is 0 Å². The average molecular weight is 263 g/mol. The number of benzene rings is 1. The van der Waals surface area contributed by atoms with Crippen molar-refractivity contribution in [1.29, 1.82) is 0 Å². The zero-order valence-electron chi connectivity index (χ0n) is 10.2. The number of hydrogen-bond donors (Lipinski definition) is 1. The first-order chi connectivity index (χ1) is 8.62. The minimum atomic E-state index is -2.73. The number of nitrogens with one attached hydrogen (secondary N) is 1. The van der Waals surface area contributed by atoms with Crippen LogP contribution in [0, 0.1) is 5.92 Å². The van der Waals surface area contributed by atoms with Gasteiger partial charge in [0.05, 0.1) is 11.5 Å². The van der Waals surface area contributed by atoms with Crippen molar-refractivity contribution in [1.82, 2.24) is 4.98 Å². The largest absolute Gasteiger partial charge is 0.361 e. The van der Waals surface area contributed by atoms with Gasteiger partial charge >= 0.3 is 0 Å². The number of sulfone groups is 1. The normalized spacial score (nSPS) is 22.6. The summed E-state index contributed by atoms with van der Waals surface area (Å²) >= 11 is 0. The van der Waals surface area contributed by atoms with Gasteiger partial charge in [-0.2, -0.15) is 0 Å². The highest BCUT2D eigenvalue weighted by molar-refractivity contribution is 7.91. The number of fused-ring (bicyclic) bond motifs is 1. The third-order valence-electron chi connectivity index (χ3n) is 3.79. The van der Waals surface area contributed by atoms with Crippen molar-refractivity contribution >= 4 is 20.7 Å². The van der Waals surface area contributed by atoms with E-state index in [1.54, 1.807) is 0 Å². The van der Waals surface area contributed by atoms with Crippen LogP contribution in [0.4, 0.5) is 0 Å². The summed E-state index contributed by atoms with van der Waals surface area (Å²) in [4.78, 5) is 3.21. The van der Waals surface area contributed by atoms with Crippen LogP contribution in [0.1, 0.15) is 18.4 Å². The fraction of sp³-hybridized carbons (Fsp3) is 0.429. The Kier molecular flexibility index (Phi) is 2.90. The van der Waals surface area contributed by atoms with E-state index in [1.165, 1.54) is 10.9 Å². The van der Waals surface area contributed by atoms with Gasteiger partial charge in [-0.15, -0.1) is 0 Å². The first kappa shape index (κ1) is 11.8. The molecule has 1 aromatic carbocycles. The lowest BCUT2D eigenvalue weighted by Gasteiger charge is -2.07. The number of rotatable bonds is 3. The van der Waals surface area contributed by atoms with Crippen molar-refractivity contribution < 1.29 is 8.42 Å². The topological polar surface area (TPSA) is 49.9 Å². The highest BCUT2D eigenvalue weighted by Crippen LogP contribution is 2.24. The molecule has 1 N–H and O–H groups in total. The predicted octanol–water partition coefficient (Wildman–Crippen LogP) is 2.54. The maximum Gasteiger partial charge on any atom is 0.150 e. The predicted molar refractivity (Wildman–Crippen MR) is 73.4 cm³/mol. The van der Waals surface area contributed by atoms with E-state index in [4.69, 9.17) is 0 Å². The minimum Gasteiger partial charge on any atom is -0.361 e. The van der Waals surface area contributed by atoms with Gasteiger partial charge in [-0.25, -0.2) is 8.42 Å². The second kappa shape index (κ2) is 4.43. The molecule has 0 unspecified atom stereocenters. The molecule has 0 aliphatic carbocycles. The van der Waals surface area contributed by atoms with E-state index in [1.807, 2.05) is 6.20 Å². The van der Waals surface area contributed by atoms with Crippen LogP contribution in [0.2, 0.25) is 0 Å². The van der Waals surface area contributed by atoms with Crippen LogP contribution >= 0.6 is 0 Å². The van der Waals surface area contributed by atoms with E-state index in [2.05, 4.69) is 29.2 Å². The monoisotopic (exact) mass is 263 g/mol. The molecule has 0 bridgehead atoms. The molecule has 0 amide bonds. The number of aromatic nitrogens is 1. The number of H-pyrrole nitrogens is 1. The molecule has 2 heterocycles. The molecule has 4 heteroatoms. The average Bonchev–Trinajstić information content (AvgIpc) is 2.92. The standard InChI is InChI=1S/C14H17NO2S/c16-18(17)8-6-12(10-18)2-1-11-3-4-13-5-7-15-14(13)9-11/h3-5,7,9,12,15H,1-2,6,8,10H2/t12-/m0/s1. The Morgan fingerprint density at radius 3 is 2.94 bits per heavy atom. The highest BCUT2D eigenvalue weighted by Gasteiger charge is 2.27. The number of aryl methyl sites for hydroxylation is 1. The maximum atomic E-state index is 11.4. The lowest BCUT2D eigenvalue weighted by Crippen LogP contribution is -2.05. The van der Waals surface area contributed by atoms with Gasteiger partial charge in [-0.05, 0) is 48.3 Å². The zero-order valence-corrected chi connectivity index (χ0v) is 11.0. The summed E-state index contributed by atoms with van der Waals surface area (Å²) in [6, 6.07) is 8.48. The molecule has 1 aliphatic rings. The van der Waals surface area contributed by atoms with Crippen LogP contribution in [-0.2, 0) is 16.3 Å². The Labute approximate surface area is 107 Å². The molecule has 1 atom stereocenters. The summed E-state index contributed by atoms with van der Waals surface area (Å²) in [5.74, 6) is 1.12. The first-order valence-electron chi connectivity index (χ1n) is 6.39. The Morgan fingerprint density at radius 1 is 1.28 bits per heavy atom. The van der Waals surface area contributed by atoms with Crippen molar-refractivity contribution in [3.05, 3.63) is 36.0 Å². The molecule has 3 rings (SSSR count). The van der Waals surface area contributed by atoms with Crippen molar-refractivity contribution in [3.63, 3.8) is 0 Å². The third-order valence-corrected chi connectivity index (χ3v) is 5.62. The molecule has 1 saturated heterocycles. The van der Waals surface area contributed by atoms with Gasteiger partial charge in [-0.1, -0.05) is 12.1 Å². The molecule has 1 fully saturated rings. The molecular formula is C14H17NO2S. The molecule has 2 aromatic rings. The smallest absolute Gasteiger partial charge is 0.150 e. The summed E-state index contributed by atoms with van der Waals surface area (Å²) in [7, 11) is -2.73. The summed E-state index contributed by atoms with van der Waals surface area (Å²) in [5.41, 5.74) is 2.45. The third kappa shape index (κ3) is 2.43. The van der Waals surface area contributed by atoms with Gasteiger partial charge in [0.1, 0.15) is 0 Å². The fourth-order valence-electron chi connectivity index (χ4n) is 2.72. The second-order valence-electron chi connectivity index (χ2n) is 5.21. The quantitative estimate of drug-likeness (QED) is 0.925. The fourth-order valence-corrected chi connectivity index (χ4v) is 4.63. The highest BCUT2D eigenvalue weighted by atomic mass is 32.2. The summed E-state index contributed by atoms with van der Waals surface area (Å²) in [5, 5.41) is 1.22. The van der Waals surface area contributed by atoms with Crippen LogP contribution < -0.4 is 0 Å². The van der Waals surface area contributed by atoms with Gasteiger partial charge in [-0.3, -0.25) is 0 Å². The lowest BCUT2D eigenvalue weighted by atomic mass is 9.99. The van der Waals surface area contributed by atoms with E-state index in [0.717, 1.165) is 24.8 Å². The first-order valence-corrected chi connectivity index (χ1v) is 8.21.